The van der Waals surface area contributed by atoms with E-state index in [1.165, 1.54) is 7.11 Å². The summed E-state index contributed by atoms with van der Waals surface area (Å²) in [6.45, 7) is 3.75. The Labute approximate surface area is 160 Å². The van der Waals surface area contributed by atoms with E-state index in [-0.39, 0.29) is 5.97 Å². The number of hydrogen-bond acceptors (Lipinski definition) is 5. The Hall–Kier alpha value is -2.89. The van der Waals surface area contributed by atoms with Crippen molar-refractivity contribution in [3.05, 3.63) is 41.2 Å². The maximum Gasteiger partial charge on any atom is 0.341 e. The highest BCUT2D eigenvalue weighted by Crippen LogP contribution is 2.43. The van der Waals surface area contributed by atoms with Crippen molar-refractivity contribution < 1.29 is 14.6 Å². The summed E-state index contributed by atoms with van der Waals surface area (Å²) in [5.74, 6) is 0.416. The SMILES string of the molecule is CCCCN1Cc2c([nH]c(N(C)C)c2C(=O)OC)-c2cc(C=CO)ccc21. The highest BCUT2D eigenvalue weighted by atomic mass is 16.5. The van der Waals surface area contributed by atoms with E-state index in [2.05, 4.69) is 22.9 Å². The molecule has 2 aromatic rings. The van der Waals surface area contributed by atoms with Crippen LogP contribution in [-0.4, -0.2) is 43.8 Å². The number of rotatable bonds is 6. The smallest absolute Gasteiger partial charge is 0.341 e. The fourth-order valence-corrected chi connectivity index (χ4v) is 3.61. The standard InChI is InChI=1S/C21H27N3O3/c1-5-6-10-24-13-16-18(21(26)27-4)20(23(2)3)22-19(16)15-12-14(9-11-25)7-8-17(15)24/h7-9,11-12,22,25H,5-6,10,13H2,1-4H3. The van der Waals surface area contributed by atoms with Gasteiger partial charge in [0, 0.05) is 44.0 Å². The first kappa shape index (κ1) is 18.9. The molecule has 1 aliphatic heterocycles. The zero-order valence-electron chi connectivity index (χ0n) is 16.4. The number of aliphatic hydroxyl groups excluding tert-OH is 1. The van der Waals surface area contributed by atoms with Crippen LogP contribution < -0.4 is 9.80 Å². The van der Waals surface area contributed by atoms with Gasteiger partial charge in [0.2, 0.25) is 0 Å². The molecule has 1 aliphatic rings. The number of aromatic nitrogens is 1. The van der Waals surface area contributed by atoms with Crippen LogP contribution in [-0.2, 0) is 11.3 Å². The van der Waals surface area contributed by atoms with Gasteiger partial charge in [-0.05, 0) is 30.2 Å². The summed E-state index contributed by atoms with van der Waals surface area (Å²) >= 11 is 0. The van der Waals surface area contributed by atoms with Gasteiger partial charge in [-0.2, -0.15) is 0 Å². The summed E-state index contributed by atoms with van der Waals surface area (Å²) in [7, 11) is 5.23. The van der Waals surface area contributed by atoms with Gasteiger partial charge in [-0.15, -0.1) is 0 Å². The predicted octanol–water partition coefficient (Wildman–Crippen LogP) is 4.18. The van der Waals surface area contributed by atoms with Gasteiger partial charge in [0.05, 0.1) is 19.1 Å². The van der Waals surface area contributed by atoms with Crippen molar-refractivity contribution in [2.24, 2.45) is 0 Å². The number of carbonyl (C=O) groups excluding carboxylic acids is 1. The van der Waals surface area contributed by atoms with Crippen LogP contribution in [0.25, 0.3) is 17.3 Å². The minimum absolute atomic E-state index is 0.332. The van der Waals surface area contributed by atoms with Crippen LogP contribution in [0.4, 0.5) is 11.5 Å². The lowest BCUT2D eigenvalue weighted by molar-refractivity contribution is 0.0600. The molecule has 1 aromatic heterocycles. The topological polar surface area (TPSA) is 68.8 Å². The van der Waals surface area contributed by atoms with Crippen LogP contribution in [0.2, 0.25) is 0 Å². The third-order valence-electron chi connectivity index (χ3n) is 4.95. The molecule has 0 spiro atoms. The summed E-state index contributed by atoms with van der Waals surface area (Å²) in [6.07, 6.45) is 4.87. The number of esters is 1. The Morgan fingerprint density at radius 2 is 2.19 bits per heavy atom. The average molecular weight is 369 g/mol. The van der Waals surface area contributed by atoms with Gasteiger partial charge >= 0.3 is 5.97 Å². The molecule has 2 N–H and O–H groups in total. The molecule has 0 fully saturated rings. The van der Waals surface area contributed by atoms with E-state index in [1.54, 1.807) is 6.08 Å². The molecule has 0 aliphatic carbocycles. The van der Waals surface area contributed by atoms with Crippen molar-refractivity contribution in [1.29, 1.82) is 0 Å². The highest BCUT2D eigenvalue weighted by molar-refractivity contribution is 6.01. The molecule has 0 atom stereocenters. The second-order valence-corrected chi connectivity index (χ2v) is 6.96. The van der Waals surface area contributed by atoms with E-state index < -0.39 is 0 Å². The number of ether oxygens (including phenoxy) is 1. The van der Waals surface area contributed by atoms with Gasteiger partial charge in [-0.1, -0.05) is 19.4 Å². The molecule has 0 saturated heterocycles. The quantitative estimate of drug-likeness (QED) is 0.590. The zero-order chi connectivity index (χ0) is 19.6. The van der Waals surface area contributed by atoms with E-state index in [9.17, 15) is 4.79 Å². The Balaban J connectivity index is 2.22. The van der Waals surface area contributed by atoms with Crippen molar-refractivity contribution in [2.75, 3.05) is 37.5 Å². The number of aliphatic hydroxyl groups is 1. The van der Waals surface area contributed by atoms with Gasteiger partial charge in [0.1, 0.15) is 11.4 Å². The average Bonchev–Trinajstić information content (AvgIpc) is 3.05. The molecule has 0 amide bonds. The van der Waals surface area contributed by atoms with E-state index in [4.69, 9.17) is 9.84 Å². The maximum atomic E-state index is 12.5. The molecule has 0 unspecified atom stereocenters. The largest absolute Gasteiger partial charge is 0.516 e. The Morgan fingerprint density at radius 1 is 1.41 bits per heavy atom. The van der Waals surface area contributed by atoms with E-state index >= 15 is 0 Å². The number of H-pyrrole nitrogens is 1. The fourth-order valence-electron chi connectivity index (χ4n) is 3.61. The van der Waals surface area contributed by atoms with Crippen LogP contribution in [0, 0.1) is 0 Å². The van der Waals surface area contributed by atoms with Gasteiger partial charge in [-0.25, -0.2) is 4.79 Å². The Morgan fingerprint density at radius 3 is 2.81 bits per heavy atom. The number of nitrogens with zero attached hydrogens (tertiary/aromatic N) is 2. The first-order chi connectivity index (χ1) is 13.0. The lowest BCUT2D eigenvalue weighted by atomic mass is 9.95. The second-order valence-electron chi connectivity index (χ2n) is 6.96. The van der Waals surface area contributed by atoms with Crippen molar-refractivity contribution >= 4 is 23.6 Å². The van der Waals surface area contributed by atoms with Crippen molar-refractivity contribution in [3.63, 3.8) is 0 Å². The van der Waals surface area contributed by atoms with Gasteiger partial charge in [0.15, 0.2) is 0 Å². The van der Waals surface area contributed by atoms with Crippen LogP contribution in [0.15, 0.2) is 24.5 Å². The lowest BCUT2D eigenvalue weighted by Gasteiger charge is -2.32. The summed E-state index contributed by atoms with van der Waals surface area (Å²) in [5.41, 5.74) is 5.55. The normalized spacial score (nSPS) is 12.8. The minimum Gasteiger partial charge on any atom is -0.516 e. The van der Waals surface area contributed by atoms with Crippen LogP contribution in [0.5, 0.6) is 0 Å². The van der Waals surface area contributed by atoms with Crippen molar-refractivity contribution in [3.8, 4) is 11.3 Å². The second kappa shape index (κ2) is 7.78. The van der Waals surface area contributed by atoms with E-state index in [0.717, 1.165) is 59.5 Å². The third-order valence-corrected chi connectivity index (χ3v) is 4.95. The molecule has 144 valence electrons. The number of anilines is 2. The summed E-state index contributed by atoms with van der Waals surface area (Å²) in [4.78, 5) is 20.2. The first-order valence-electron chi connectivity index (χ1n) is 9.22. The molecule has 1 aromatic carbocycles. The number of benzene rings is 1. The summed E-state index contributed by atoms with van der Waals surface area (Å²) in [5, 5.41) is 9.15. The number of carbonyl (C=O) groups is 1. The Kier molecular flexibility index (Phi) is 5.44. The van der Waals surface area contributed by atoms with Crippen LogP contribution >= 0.6 is 0 Å². The molecule has 6 heteroatoms. The fraction of sp³-hybridized carbons (Fsp3) is 0.381. The molecule has 3 rings (SSSR count). The molecule has 2 heterocycles. The number of unbranched alkanes of at least 4 members (excludes halogenated alkanes) is 1. The number of methoxy groups -OCH3 is 1. The highest BCUT2D eigenvalue weighted by Gasteiger charge is 2.32. The molecule has 6 nitrogen and oxygen atoms in total. The van der Waals surface area contributed by atoms with Gasteiger partial charge in [0.25, 0.3) is 0 Å². The monoisotopic (exact) mass is 369 g/mol. The summed E-state index contributed by atoms with van der Waals surface area (Å²) < 4.78 is 5.07. The third kappa shape index (κ3) is 3.39. The first-order valence-corrected chi connectivity index (χ1v) is 9.22. The number of aromatic amines is 1. The van der Waals surface area contributed by atoms with Crippen molar-refractivity contribution in [2.45, 2.75) is 26.3 Å². The van der Waals surface area contributed by atoms with Gasteiger partial charge < -0.3 is 24.6 Å². The maximum absolute atomic E-state index is 12.5. The Bertz CT molecular complexity index is 868. The number of fused-ring (bicyclic) bond motifs is 3. The number of hydrogen-bond donors (Lipinski definition) is 2. The van der Waals surface area contributed by atoms with Crippen LogP contribution in [0.3, 0.4) is 0 Å². The minimum atomic E-state index is -0.332. The predicted molar refractivity (Wildman–Crippen MR) is 110 cm³/mol. The molecule has 27 heavy (non-hydrogen) atoms. The van der Waals surface area contributed by atoms with E-state index in [0.29, 0.717) is 12.1 Å². The molecule has 0 radical (unpaired) electrons. The van der Waals surface area contributed by atoms with E-state index in [1.807, 2.05) is 31.1 Å². The lowest BCUT2D eigenvalue weighted by Crippen LogP contribution is -2.28. The van der Waals surface area contributed by atoms with Crippen molar-refractivity contribution in [1.82, 2.24) is 4.98 Å². The number of nitrogens with one attached hydrogen (secondary N) is 1. The summed E-state index contributed by atoms with van der Waals surface area (Å²) in [6, 6.07) is 6.11. The van der Waals surface area contributed by atoms with Crippen LogP contribution in [0.1, 0.15) is 41.3 Å². The molecular weight excluding hydrogens is 342 g/mol. The molecular formula is C21H27N3O3. The molecule has 0 bridgehead atoms. The zero-order valence-corrected chi connectivity index (χ0v) is 16.4. The van der Waals surface area contributed by atoms with Gasteiger partial charge in [-0.3, -0.25) is 0 Å². The molecule has 0 saturated carbocycles.